The molecule has 3 rings (SSSR count). The van der Waals surface area contributed by atoms with Crippen molar-refractivity contribution in [1.82, 2.24) is 5.43 Å². The zero-order chi connectivity index (χ0) is 21.9. The van der Waals surface area contributed by atoms with Gasteiger partial charge in [-0.2, -0.15) is 15.6 Å². The third kappa shape index (κ3) is 9.46. The van der Waals surface area contributed by atoms with Crippen LogP contribution in [0.15, 0.2) is 93.2 Å². The second kappa shape index (κ2) is 14.0. The zero-order valence-electron chi connectivity index (χ0n) is 16.5. The van der Waals surface area contributed by atoms with Crippen LogP contribution >= 0.6 is 34.8 Å². The smallest absolute Gasteiger partial charge is 0.365 e. The summed E-state index contributed by atoms with van der Waals surface area (Å²) in [5.41, 5.74) is 6.94. The highest BCUT2D eigenvalue weighted by atomic mass is 127. The molecule has 3 N–H and O–H groups in total. The second-order valence-corrected chi connectivity index (χ2v) is 7.47. The molecule has 0 atom stereocenters. The van der Waals surface area contributed by atoms with Crippen LogP contribution in [0.5, 0.6) is 0 Å². The van der Waals surface area contributed by atoms with Crippen molar-refractivity contribution in [3.8, 4) is 0 Å². The van der Waals surface area contributed by atoms with Crippen molar-refractivity contribution >= 4 is 59.4 Å². The summed E-state index contributed by atoms with van der Waals surface area (Å²) in [5.74, 6) is 0.341. The van der Waals surface area contributed by atoms with E-state index >= 15 is 0 Å². The maximum absolute atomic E-state index is 5.99. The van der Waals surface area contributed by atoms with Crippen molar-refractivity contribution in [2.45, 2.75) is 0 Å². The summed E-state index contributed by atoms with van der Waals surface area (Å²) in [7, 11) is 0. The van der Waals surface area contributed by atoms with Gasteiger partial charge in [-0.05, 0) is 53.1 Å². The van der Waals surface area contributed by atoms with E-state index in [1.165, 1.54) is 5.43 Å². The van der Waals surface area contributed by atoms with E-state index in [0.29, 0.717) is 21.0 Å². The lowest BCUT2D eigenvalue weighted by molar-refractivity contribution is -0.549. The van der Waals surface area contributed by atoms with E-state index in [4.69, 9.17) is 34.8 Å². The van der Waals surface area contributed by atoms with Crippen LogP contribution in [0.3, 0.4) is 0 Å². The number of guanidine groups is 1. The predicted octanol–water partition coefficient (Wildman–Crippen LogP) is 1.56. The maximum atomic E-state index is 5.99. The molecule has 32 heavy (non-hydrogen) atoms. The van der Waals surface area contributed by atoms with E-state index < -0.39 is 0 Å². The predicted molar refractivity (Wildman–Crippen MR) is 130 cm³/mol. The lowest BCUT2D eigenvalue weighted by Crippen LogP contribution is -3.00. The Morgan fingerprint density at radius 3 is 1.97 bits per heavy atom. The van der Waals surface area contributed by atoms with E-state index in [0.717, 1.165) is 16.7 Å². The fourth-order valence-electron chi connectivity index (χ4n) is 2.29. The van der Waals surface area contributed by atoms with E-state index in [-0.39, 0.29) is 24.0 Å². The summed E-state index contributed by atoms with van der Waals surface area (Å²) in [4.78, 5) is 0. The van der Waals surface area contributed by atoms with Crippen LogP contribution in [0.2, 0.25) is 15.1 Å². The average molecular weight is 600 g/mol. The van der Waals surface area contributed by atoms with Crippen molar-refractivity contribution < 1.29 is 29.4 Å². The van der Waals surface area contributed by atoms with Gasteiger partial charge in [0.15, 0.2) is 0 Å². The molecule has 0 saturated heterocycles. The SMILES string of the molecule is Clc1ccc(C=NN=C(NN=Cc2cccc(Cl)c2)[NH2+]N=Cc2ccc(Cl)cc2)cc1.[I-]. The number of nitrogens with two attached hydrogens (primary N) is 1. The van der Waals surface area contributed by atoms with Crippen molar-refractivity contribution in [2.75, 3.05) is 0 Å². The molecule has 0 saturated carbocycles. The van der Waals surface area contributed by atoms with Gasteiger partial charge in [-0.25, -0.2) is 5.43 Å². The second-order valence-electron chi connectivity index (χ2n) is 6.17. The standard InChI is InChI=1S/C22H17Cl3N6.HI/c23-19-8-4-16(5-9-19)13-26-29-22(30-27-14-17-6-10-20(24)11-7-17)31-28-15-18-2-1-3-21(25)12-18;/h1-15H,(H2,29,30,31);1H. The molecule has 0 spiro atoms. The van der Waals surface area contributed by atoms with Gasteiger partial charge in [-0.15, -0.1) is 0 Å². The molecule has 0 amide bonds. The minimum absolute atomic E-state index is 0. The molecular weight excluding hydrogens is 582 g/mol. The number of quaternary nitrogens is 1. The number of hydrazone groups is 1. The molecule has 10 heteroatoms. The van der Waals surface area contributed by atoms with Crippen LogP contribution in [0.4, 0.5) is 0 Å². The lowest BCUT2D eigenvalue weighted by Gasteiger charge is -1.98. The van der Waals surface area contributed by atoms with Crippen LogP contribution < -0.4 is 34.8 Å². The van der Waals surface area contributed by atoms with Crippen LogP contribution in [0.1, 0.15) is 16.7 Å². The van der Waals surface area contributed by atoms with Gasteiger partial charge in [-0.3, -0.25) is 0 Å². The molecule has 164 valence electrons. The molecule has 0 heterocycles. The number of halogens is 4. The molecule has 0 aliphatic heterocycles. The van der Waals surface area contributed by atoms with Crippen molar-refractivity contribution in [3.63, 3.8) is 0 Å². The highest BCUT2D eigenvalue weighted by Gasteiger charge is 2.01. The van der Waals surface area contributed by atoms with Gasteiger partial charge in [0.05, 0.1) is 18.6 Å². The van der Waals surface area contributed by atoms with Crippen LogP contribution in [0, 0.1) is 0 Å². The summed E-state index contributed by atoms with van der Waals surface area (Å²) in [6, 6.07) is 21.9. The van der Waals surface area contributed by atoms with Gasteiger partial charge in [0.2, 0.25) is 0 Å². The third-order valence-electron chi connectivity index (χ3n) is 3.77. The number of nitrogens with one attached hydrogen (secondary N) is 1. The Kier molecular flexibility index (Phi) is 11.3. The van der Waals surface area contributed by atoms with Gasteiger partial charge in [0, 0.05) is 15.1 Å². The monoisotopic (exact) mass is 598 g/mol. The summed E-state index contributed by atoms with van der Waals surface area (Å²) in [5, 5.41) is 18.6. The number of hydrogen-bond acceptors (Lipinski definition) is 4. The first kappa shape index (κ1) is 26.0. The van der Waals surface area contributed by atoms with Gasteiger partial charge in [0.25, 0.3) is 0 Å². The quantitative estimate of drug-likeness (QED) is 0.146. The van der Waals surface area contributed by atoms with E-state index in [2.05, 4.69) is 25.8 Å². The van der Waals surface area contributed by atoms with Gasteiger partial charge in [0.1, 0.15) is 0 Å². The molecule has 0 aromatic heterocycles. The molecule has 0 radical (unpaired) electrons. The molecule has 0 fully saturated rings. The van der Waals surface area contributed by atoms with Crippen molar-refractivity contribution in [1.29, 1.82) is 0 Å². The number of benzene rings is 3. The fourth-order valence-corrected chi connectivity index (χ4v) is 2.74. The van der Waals surface area contributed by atoms with Crippen molar-refractivity contribution in [2.24, 2.45) is 20.4 Å². The summed E-state index contributed by atoms with van der Waals surface area (Å²) < 4.78 is 0. The Bertz CT molecular complexity index is 1110. The average Bonchev–Trinajstić information content (AvgIpc) is 2.76. The molecular formula is C22H18Cl3IN6. The minimum atomic E-state index is 0. The molecule has 0 bridgehead atoms. The third-order valence-corrected chi connectivity index (χ3v) is 4.51. The Morgan fingerprint density at radius 2 is 1.34 bits per heavy atom. The summed E-state index contributed by atoms with van der Waals surface area (Å²) >= 11 is 17.8. The van der Waals surface area contributed by atoms with E-state index in [1.54, 1.807) is 55.0 Å². The largest absolute Gasteiger partial charge is 1.00 e. The number of nitrogens with zero attached hydrogens (tertiary/aromatic N) is 4. The molecule has 6 nitrogen and oxygen atoms in total. The molecule has 0 aliphatic carbocycles. The first-order valence-electron chi connectivity index (χ1n) is 9.12. The van der Waals surface area contributed by atoms with Crippen LogP contribution in [-0.4, -0.2) is 24.6 Å². The molecule has 0 aliphatic rings. The van der Waals surface area contributed by atoms with Crippen molar-refractivity contribution in [3.05, 3.63) is 105 Å². The lowest BCUT2D eigenvalue weighted by atomic mass is 10.2. The number of hydrogen-bond donors (Lipinski definition) is 2. The van der Waals surface area contributed by atoms with Crippen LogP contribution in [0.25, 0.3) is 0 Å². The Balaban J connectivity index is 0.00000363. The number of rotatable bonds is 6. The Morgan fingerprint density at radius 1 is 0.719 bits per heavy atom. The van der Waals surface area contributed by atoms with Gasteiger partial charge < -0.3 is 24.0 Å². The van der Waals surface area contributed by atoms with Gasteiger partial charge in [-0.1, -0.05) is 81.4 Å². The Labute approximate surface area is 218 Å². The van der Waals surface area contributed by atoms with E-state index in [9.17, 15) is 0 Å². The molecule has 0 unspecified atom stereocenters. The fraction of sp³-hybridized carbons (Fsp3) is 0. The highest BCUT2D eigenvalue weighted by molar-refractivity contribution is 6.31. The van der Waals surface area contributed by atoms with E-state index in [1.807, 2.05) is 36.4 Å². The summed E-state index contributed by atoms with van der Waals surface area (Å²) in [6.45, 7) is 0. The Hall–Kier alpha value is -2.30. The molecule has 3 aromatic carbocycles. The topological polar surface area (TPSA) is 78.1 Å². The minimum Gasteiger partial charge on any atom is -1.00 e. The van der Waals surface area contributed by atoms with Gasteiger partial charge >= 0.3 is 5.96 Å². The first-order chi connectivity index (χ1) is 15.1. The summed E-state index contributed by atoms with van der Waals surface area (Å²) in [6.07, 6.45) is 4.91. The maximum Gasteiger partial charge on any atom is 0.365 e. The normalized spacial score (nSPS) is 11.9. The molecule has 3 aromatic rings. The highest BCUT2D eigenvalue weighted by Crippen LogP contribution is 2.09. The first-order valence-corrected chi connectivity index (χ1v) is 10.2. The van der Waals surface area contributed by atoms with Crippen LogP contribution in [-0.2, 0) is 0 Å². The zero-order valence-corrected chi connectivity index (χ0v) is 21.0.